The van der Waals surface area contributed by atoms with Crippen molar-refractivity contribution in [3.8, 4) is 5.75 Å². The van der Waals surface area contributed by atoms with Crippen LogP contribution in [0.4, 0.5) is 11.4 Å². The summed E-state index contributed by atoms with van der Waals surface area (Å²) < 4.78 is 5.84. The summed E-state index contributed by atoms with van der Waals surface area (Å²) in [6, 6.07) is 5.26. The monoisotopic (exact) mass is 363 g/mol. The number of nitro groups is 1. The van der Waals surface area contributed by atoms with E-state index in [1.165, 1.54) is 6.07 Å². The van der Waals surface area contributed by atoms with Gasteiger partial charge in [-0.1, -0.05) is 0 Å². The van der Waals surface area contributed by atoms with Crippen LogP contribution >= 0.6 is 0 Å². The lowest BCUT2D eigenvalue weighted by molar-refractivity contribution is -0.384. The molecule has 1 aliphatic heterocycles. The molecule has 26 heavy (non-hydrogen) atoms. The van der Waals surface area contributed by atoms with Gasteiger partial charge in [-0.2, -0.15) is 0 Å². The fourth-order valence-electron chi connectivity index (χ4n) is 3.65. The molecular weight excluding hydrogens is 334 g/mol. The Balaban J connectivity index is 1.61. The maximum Gasteiger partial charge on any atom is 0.273 e. The summed E-state index contributed by atoms with van der Waals surface area (Å²) in [6.07, 6.45) is 4.84. The summed E-state index contributed by atoms with van der Waals surface area (Å²) in [5.74, 6) is 0.574. The van der Waals surface area contributed by atoms with Gasteiger partial charge in [0.05, 0.1) is 28.4 Å². The standard InChI is InChI=1S/C19H29N3O4/c1-14(2)26-18-12-16(22(24)25)4-5-17(18)21-10-6-15(7-11-21)20-13-19(23)8-3-9-19/h4-5,12,14-15,20,23H,3,6-11,13H2,1-2H3. The van der Waals surface area contributed by atoms with E-state index in [1.807, 2.05) is 13.8 Å². The Labute approximate surface area is 154 Å². The summed E-state index contributed by atoms with van der Waals surface area (Å²) in [6.45, 7) is 6.25. The third-order valence-corrected chi connectivity index (χ3v) is 5.36. The molecule has 0 spiro atoms. The molecule has 0 atom stereocenters. The van der Waals surface area contributed by atoms with E-state index in [2.05, 4.69) is 10.2 Å². The van der Waals surface area contributed by atoms with Gasteiger partial charge in [0.2, 0.25) is 0 Å². The zero-order chi connectivity index (χ0) is 18.7. The number of anilines is 1. The highest BCUT2D eigenvalue weighted by Gasteiger charge is 2.35. The molecule has 2 N–H and O–H groups in total. The SMILES string of the molecule is CC(C)Oc1cc([N+](=O)[O-])ccc1N1CCC(NCC2(O)CCC2)CC1. The van der Waals surface area contributed by atoms with E-state index in [-0.39, 0.29) is 11.8 Å². The number of rotatable bonds is 7. The van der Waals surface area contributed by atoms with Crippen LogP contribution in [0.5, 0.6) is 5.75 Å². The van der Waals surface area contributed by atoms with Crippen LogP contribution in [0.15, 0.2) is 18.2 Å². The quantitative estimate of drug-likeness (QED) is 0.572. The Hall–Kier alpha value is -1.86. The number of aliphatic hydroxyl groups is 1. The zero-order valence-electron chi connectivity index (χ0n) is 15.6. The van der Waals surface area contributed by atoms with Gasteiger partial charge in [0, 0.05) is 31.7 Å². The van der Waals surface area contributed by atoms with E-state index in [0.717, 1.165) is 50.9 Å². The minimum absolute atomic E-state index is 0.0434. The Morgan fingerprint density at radius 3 is 2.62 bits per heavy atom. The highest BCUT2D eigenvalue weighted by molar-refractivity contribution is 5.62. The molecule has 1 saturated heterocycles. The van der Waals surface area contributed by atoms with E-state index in [1.54, 1.807) is 12.1 Å². The Bertz CT molecular complexity index is 638. The summed E-state index contributed by atoms with van der Waals surface area (Å²) in [5.41, 5.74) is 0.475. The number of nitro benzene ring substituents is 1. The molecule has 2 fully saturated rings. The van der Waals surface area contributed by atoms with Gasteiger partial charge in [0.15, 0.2) is 0 Å². The minimum atomic E-state index is -0.492. The van der Waals surface area contributed by atoms with Crippen molar-refractivity contribution in [3.05, 3.63) is 28.3 Å². The Morgan fingerprint density at radius 2 is 2.08 bits per heavy atom. The van der Waals surface area contributed by atoms with Crippen molar-refractivity contribution in [2.24, 2.45) is 0 Å². The average molecular weight is 363 g/mol. The molecule has 144 valence electrons. The first kappa shape index (κ1) is 18.9. The van der Waals surface area contributed by atoms with Crippen LogP contribution in [-0.2, 0) is 0 Å². The van der Waals surface area contributed by atoms with Crippen LogP contribution in [0, 0.1) is 10.1 Å². The highest BCUT2D eigenvalue weighted by Crippen LogP contribution is 2.35. The largest absolute Gasteiger partial charge is 0.489 e. The highest BCUT2D eigenvalue weighted by atomic mass is 16.6. The topological polar surface area (TPSA) is 87.9 Å². The van der Waals surface area contributed by atoms with Crippen LogP contribution in [0.25, 0.3) is 0 Å². The maximum absolute atomic E-state index is 11.1. The van der Waals surface area contributed by atoms with Crippen LogP contribution in [0.3, 0.4) is 0 Å². The maximum atomic E-state index is 11.1. The fourth-order valence-corrected chi connectivity index (χ4v) is 3.65. The van der Waals surface area contributed by atoms with Gasteiger partial charge in [0.25, 0.3) is 5.69 Å². The van der Waals surface area contributed by atoms with Gasteiger partial charge < -0.3 is 20.1 Å². The normalized spacial score (nSPS) is 20.1. The van der Waals surface area contributed by atoms with E-state index in [0.29, 0.717) is 18.3 Å². The number of hydrogen-bond acceptors (Lipinski definition) is 6. The van der Waals surface area contributed by atoms with E-state index < -0.39 is 10.5 Å². The molecule has 0 amide bonds. The molecule has 0 radical (unpaired) electrons. The van der Waals surface area contributed by atoms with Gasteiger partial charge >= 0.3 is 0 Å². The zero-order valence-corrected chi connectivity index (χ0v) is 15.6. The fraction of sp³-hybridized carbons (Fsp3) is 0.684. The van der Waals surface area contributed by atoms with Gasteiger partial charge in [-0.25, -0.2) is 0 Å². The van der Waals surface area contributed by atoms with E-state index in [9.17, 15) is 15.2 Å². The number of hydrogen-bond donors (Lipinski definition) is 2. The second-order valence-corrected chi connectivity index (χ2v) is 7.80. The van der Waals surface area contributed by atoms with Crippen molar-refractivity contribution in [1.29, 1.82) is 0 Å². The molecule has 3 rings (SSSR count). The summed E-state index contributed by atoms with van der Waals surface area (Å²) in [4.78, 5) is 12.9. The molecule has 0 bridgehead atoms. The number of benzene rings is 1. The number of ether oxygens (including phenoxy) is 1. The van der Waals surface area contributed by atoms with Crippen molar-refractivity contribution >= 4 is 11.4 Å². The van der Waals surface area contributed by atoms with E-state index >= 15 is 0 Å². The molecule has 1 heterocycles. The smallest absolute Gasteiger partial charge is 0.273 e. The predicted octanol–water partition coefficient (Wildman–Crippen LogP) is 2.86. The van der Waals surface area contributed by atoms with Crippen molar-refractivity contribution < 1.29 is 14.8 Å². The molecule has 2 aliphatic rings. The van der Waals surface area contributed by atoms with E-state index in [4.69, 9.17) is 4.74 Å². The van der Waals surface area contributed by atoms with Crippen molar-refractivity contribution in [1.82, 2.24) is 5.32 Å². The van der Waals surface area contributed by atoms with Crippen LogP contribution < -0.4 is 15.0 Å². The van der Waals surface area contributed by atoms with Crippen LogP contribution in [0.1, 0.15) is 46.0 Å². The molecule has 0 aromatic heterocycles. The van der Waals surface area contributed by atoms with Crippen LogP contribution in [0.2, 0.25) is 0 Å². The number of piperidine rings is 1. The molecule has 7 nitrogen and oxygen atoms in total. The lowest BCUT2D eigenvalue weighted by atomic mass is 9.80. The number of nitrogens with one attached hydrogen (secondary N) is 1. The summed E-state index contributed by atoms with van der Waals surface area (Å²) in [7, 11) is 0. The summed E-state index contributed by atoms with van der Waals surface area (Å²) >= 11 is 0. The molecular formula is C19H29N3O4. The van der Waals surface area contributed by atoms with Crippen molar-refractivity contribution in [2.75, 3.05) is 24.5 Å². The van der Waals surface area contributed by atoms with Gasteiger partial charge in [-0.15, -0.1) is 0 Å². The predicted molar refractivity (Wildman–Crippen MR) is 101 cm³/mol. The first-order valence-electron chi connectivity index (χ1n) is 9.52. The molecule has 1 saturated carbocycles. The number of nitrogens with zero attached hydrogens (tertiary/aromatic N) is 2. The second kappa shape index (κ2) is 7.80. The first-order chi connectivity index (χ1) is 12.4. The minimum Gasteiger partial charge on any atom is -0.489 e. The lowest BCUT2D eigenvalue weighted by Crippen LogP contribution is -2.51. The molecule has 0 unspecified atom stereocenters. The van der Waals surface area contributed by atoms with Gasteiger partial charge in [0.1, 0.15) is 5.75 Å². The molecule has 7 heteroatoms. The summed E-state index contributed by atoms with van der Waals surface area (Å²) in [5, 5.41) is 24.8. The molecule has 1 aromatic rings. The molecule has 1 aliphatic carbocycles. The second-order valence-electron chi connectivity index (χ2n) is 7.80. The number of non-ortho nitro benzene ring substituents is 1. The first-order valence-corrected chi connectivity index (χ1v) is 9.52. The van der Waals surface area contributed by atoms with Crippen molar-refractivity contribution in [2.45, 2.75) is 63.7 Å². The third kappa shape index (κ3) is 4.45. The Morgan fingerprint density at radius 1 is 1.38 bits per heavy atom. The Kier molecular flexibility index (Phi) is 5.67. The molecule has 1 aromatic carbocycles. The average Bonchev–Trinajstić information content (AvgIpc) is 2.58. The van der Waals surface area contributed by atoms with Gasteiger partial charge in [-0.05, 0) is 52.0 Å². The lowest BCUT2D eigenvalue weighted by Gasteiger charge is -2.40. The van der Waals surface area contributed by atoms with Crippen LogP contribution in [-0.4, -0.2) is 47.4 Å². The van der Waals surface area contributed by atoms with Gasteiger partial charge in [-0.3, -0.25) is 10.1 Å². The third-order valence-electron chi connectivity index (χ3n) is 5.36. The van der Waals surface area contributed by atoms with Crippen molar-refractivity contribution in [3.63, 3.8) is 0 Å².